The molecule has 1 amide bonds. The van der Waals surface area contributed by atoms with Crippen molar-refractivity contribution in [1.29, 1.82) is 0 Å². The zero-order chi connectivity index (χ0) is 25.6. The van der Waals surface area contributed by atoms with Crippen LogP contribution in [0, 0.1) is 19.8 Å². The molecule has 1 N–H and O–H groups in total. The zero-order valence-electron chi connectivity index (χ0n) is 21.4. The minimum Gasteiger partial charge on any atom is -0.391 e. The molecule has 0 aliphatic carbocycles. The van der Waals surface area contributed by atoms with Crippen LogP contribution in [0.2, 0.25) is 0 Å². The topological polar surface area (TPSA) is 88.2 Å². The van der Waals surface area contributed by atoms with Gasteiger partial charge in [-0.05, 0) is 54.8 Å². The Morgan fingerprint density at radius 1 is 1.22 bits per heavy atom. The van der Waals surface area contributed by atoms with Gasteiger partial charge in [-0.1, -0.05) is 48.4 Å². The summed E-state index contributed by atoms with van der Waals surface area (Å²) in [5.41, 5.74) is 4.40. The number of hydrogen-bond acceptors (Lipinski definition) is 7. The van der Waals surface area contributed by atoms with Crippen LogP contribution in [-0.4, -0.2) is 45.5 Å². The maximum atomic E-state index is 13.8. The number of aromatic nitrogens is 1. The second-order valence-electron chi connectivity index (χ2n) is 10.6. The number of rotatable bonds is 6. The number of aryl methyl sites for hydroxylation is 2. The number of likely N-dealkylation sites (tertiary alicyclic amines) is 1. The number of hydrogen-bond donors (Lipinski definition) is 1. The molecule has 0 spiro atoms. The number of amides is 1. The van der Waals surface area contributed by atoms with Gasteiger partial charge < -0.3 is 19.4 Å². The molecule has 0 bridgehead atoms. The van der Waals surface area contributed by atoms with Gasteiger partial charge in [-0.15, -0.1) is 11.3 Å². The fraction of sp³-hybridized carbons (Fsp3) is 0.464. The first-order chi connectivity index (χ1) is 17.2. The Hall–Kier alpha value is -2.97. The standard InChI is InChI=1S/C28H33N3O4S/c1-16(2)25(24-12-18(4)29-34-24)27(33)31-15-21(32)13-23(31)22-14-28(5,35-30-22)20-8-6-19(7-9-20)26-17(3)10-11-36-26/h6-12,16,21,23,25,32H,13-15H2,1-5H3/t21-,23+,25-,28+/m1/s1. The van der Waals surface area contributed by atoms with Gasteiger partial charge in [0, 0.05) is 30.3 Å². The molecule has 5 rings (SSSR count). The van der Waals surface area contributed by atoms with E-state index in [1.165, 1.54) is 16.0 Å². The Morgan fingerprint density at radius 2 is 1.97 bits per heavy atom. The van der Waals surface area contributed by atoms with Crippen LogP contribution in [0.1, 0.15) is 62.1 Å². The van der Waals surface area contributed by atoms with Crippen LogP contribution in [0.3, 0.4) is 0 Å². The summed E-state index contributed by atoms with van der Waals surface area (Å²) in [6.07, 6.45) is 0.395. The van der Waals surface area contributed by atoms with Crippen molar-refractivity contribution in [3.63, 3.8) is 0 Å². The number of carbonyl (C=O) groups excluding carboxylic acids is 1. The van der Waals surface area contributed by atoms with Gasteiger partial charge in [0.2, 0.25) is 5.91 Å². The SMILES string of the molecule is Cc1cc([C@H](C(=O)N2C[C@H](O)C[C@H]2C2=NO[C@](C)(c3ccc(-c4sccc4C)cc3)C2)C(C)C)on1. The molecule has 190 valence electrons. The monoisotopic (exact) mass is 507 g/mol. The summed E-state index contributed by atoms with van der Waals surface area (Å²) in [5, 5.41) is 21.1. The number of aliphatic hydroxyl groups is 1. The van der Waals surface area contributed by atoms with Gasteiger partial charge in [-0.25, -0.2) is 0 Å². The molecule has 8 heteroatoms. The van der Waals surface area contributed by atoms with Crippen LogP contribution < -0.4 is 0 Å². The lowest BCUT2D eigenvalue weighted by molar-refractivity contribution is -0.134. The third-order valence-electron chi connectivity index (χ3n) is 7.33. The van der Waals surface area contributed by atoms with E-state index < -0.39 is 17.6 Å². The Labute approximate surface area is 215 Å². The van der Waals surface area contributed by atoms with Gasteiger partial charge in [0.05, 0.1) is 23.6 Å². The van der Waals surface area contributed by atoms with Crippen molar-refractivity contribution in [2.75, 3.05) is 6.54 Å². The van der Waals surface area contributed by atoms with E-state index in [1.807, 2.05) is 33.8 Å². The number of benzene rings is 1. The normalized spacial score (nSPS) is 24.8. The first-order valence-corrected chi connectivity index (χ1v) is 13.4. The van der Waals surface area contributed by atoms with Gasteiger partial charge in [0.1, 0.15) is 11.7 Å². The molecule has 36 heavy (non-hydrogen) atoms. The highest BCUT2D eigenvalue weighted by atomic mass is 32.1. The summed E-state index contributed by atoms with van der Waals surface area (Å²) >= 11 is 1.74. The van der Waals surface area contributed by atoms with E-state index in [-0.39, 0.29) is 24.4 Å². The summed E-state index contributed by atoms with van der Waals surface area (Å²) in [4.78, 5) is 22.8. The van der Waals surface area contributed by atoms with Gasteiger partial charge in [-0.3, -0.25) is 4.79 Å². The fourth-order valence-corrected chi connectivity index (χ4v) is 6.30. The Bertz CT molecular complexity index is 1280. The van der Waals surface area contributed by atoms with Crippen LogP contribution >= 0.6 is 11.3 Å². The van der Waals surface area contributed by atoms with Crippen LogP contribution in [0.15, 0.2) is 51.5 Å². The third-order valence-corrected chi connectivity index (χ3v) is 8.40. The highest BCUT2D eigenvalue weighted by Crippen LogP contribution is 2.40. The molecular formula is C28H33N3O4S. The van der Waals surface area contributed by atoms with Gasteiger partial charge in [-0.2, -0.15) is 0 Å². The van der Waals surface area contributed by atoms with Crippen molar-refractivity contribution in [3.05, 3.63) is 64.4 Å². The van der Waals surface area contributed by atoms with E-state index in [1.54, 1.807) is 16.2 Å². The van der Waals surface area contributed by atoms with E-state index in [0.29, 0.717) is 18.6 Å². The molecule has 2 aliphatic rings. The molecule has 4 atom stereocenters. The molecule has 1 aromatic carbocycles. The molecule has 1 fully saturated rings. The lowest BCUT2D eigenvalue weighted by Crippen LogP contribution is -2.44. The van der Waals surface area contributed by atoms with Crippen LogP contribution in [-0.2, 0) is 15.2 Å². The maximum Gasteiger partial charge on any atom is 0.234 e. The number of nitrogens with zero attached hydrogens (tertiary/aromatic N) is 3. The fourth-order valence-electron chi connectivity index (χ4n) is 5.36. The van der Waals surface area contributed by atoms with E-state index >= 15 is 0 Å². The Morgan fingerprint density at radius 3 is 2.58 bits per heavy atom. The molecule has 0 saturated carbocycles. The van der Waals surface area contributed by atoms with Crippen molar-refractivity contribution in [2.24, 2.45) is 11.1 Å². The zero-order valence-corrected chi connectivity index (χ0v) is 22.2. The average Bonchev–Trinajstić information content (AvgIpc) is 3.62. The first-order valence-electron chi connectivity index (χ1n) is 12.5. The van der Waals surface area contributed by atoms with Crippen molar-refractivity contribution in [3.8, 4) is 10.4 Å². The summed E-state index contributed by atoms with van der Waals surface area (Å²) in [6.45, 7) is 10.3. The maximum absolute atomic E-state index is 13.8. The minimum atomic E-state index is -0.625. The summed E-state index contributed by atoms with van der Waals surface area (Å²) in [6, 6.07) is 12.1. The second kappa shape index (κ2) is 9.48. The van der Waals surface area contributed by atoms with E-state index in [4.69, 9.17) is 9.36 Å². The number of aliphatic hydroxyl groups excluding tert-OH is 1. The molecule has 2 aliphatic heterocycles. The molecule has 4 heterocycles. The predicted molar refractivity (Wildman–Crippen MR) is 140 cm³/mol. The Kier molecular flexibility index (Phi) is 6.51. The largest absolute Gasteiger partial charge is 0.391 e. The van der Waals surface area contributed by atoms with E-state index in [9.17, 15) is 9.90 Å². The van der Waals surface area contributed by atoms with Crippen molar-refractivity contribution in [2.45, 2.75) is 71.1 Å². The molecule has 2 aromatic heterocycles. The lowest BCUT2D eigenvalue weighted by Gasteiger charge is -2.29. The highest BCUT2D eigenvalue weighted by molar-refractivity contribution is 7.13. The minimum absolute atomic E-state index is 0.0146. The summed E-state index contributed by atoms with van der Waals surface area (Å²) in [7, 11) is 0. The molecule has 3 aromatic rings. The molecule has 0 unspecified atom stereocenters. The number of β-amino-alcohol motifs (C(OH)–C–C–N with tert-alkyl or cyclic N) is 1. The average molecular weight is 508 g/mol. The summed E-state index contributed by atoms with van der Waals surface area (Å²) in [5.74, 6) is 0.0279. The van der Waals surface area contributed by atoms with Crippen LogP contribution in [0.5, 0.6) is 0 Å². The lowest BCUT2D eigenvalue weighted by atomic mass is 9.87. The molecule has 7 nitrogen and oxygen atoms in total. The van der Waals surface area contributed by atoms with Gasteiger partial charge in [0.25, 0.3) is 0 Å². The van der Waals surface area contributed by atoms with Crippen LogP contribution in [0.25, 0.3) is 10.4 Å². The number of thiophene rings is 1. The van der Waals surface area contributed by atoms with E-state index in [0.717, 1.165) is 17.0 Å². The predicted octanol–water partition coefficient (Wildman–Crippen LogP) is 5.41. The van der Waals surface area contributed by atoms with Crippen LogP contribution in [0.4, 0.5) is 0 Å². The number of oxime groups is 1. The quantitative estimate of drug-likeness (QED) is 0.482. The second-order valence-corrected chi connectivity index (χ2v) is 11.5. The van der Waals surface area contributed by atoms with Gasteiger partial charge in [0.15, 0.2) is 5.60 Å². The number of carbonyl (C=O) groups is 1. The first kappa shape index (κ1) is 24.7. The van der Waals surface area contributed by atoms with Gasteiger partial charge >= 0.3 is 0 Å². The molecular weight excluding hydrogens is 474 g/mol. The van der Waals surface area contributed by atoms with E-state index in [2.05, 4.69) is 52.9 Å². The smallest absolute Gasteiger partial charge is 0.234 e. The van der Waals surface area contributed by atoms with Crippen molar-refractivity contribution < 1.29 is 19.3 Å². The van der Waals surface area contributed by atoms with Crippen molar-refractivity contribution >= 4 is 23.0 Å². The Balaban J connectivity index is 1.35. The summed E-state index contributed by atoms with van der Waals surface area (Å²) < 4.78 is 5.48. The van der Waals surface area contributed by atoms with Crippen molar-refractivity contribution in [1.82, 2.24) is 10.1 Å². The highest BCUT2D eigenvalue weighted by Gasteiger charge is 2.46. The molecule has 1 saturated heterocycles. The third kappa shape index (κ3) is 4.48. The molecule has 0 radical (unpaired) electrons.